The molecule has 1 heterocycles. The Hall–Kier alpha value is -2.63. The van der Waals surface area contributed by atoms with Gasteiger partial charge in [0, 0.05) is 11.6 Å². The maximum absolute atomic E-state index is 11.8. The normalized spacial score (nSPS) is 10.2. The quantitative estimate of drug-likeness (QED) is 0.853. The van der Waals surface area contributed by atoms with E-state index in [0.717, 1.165) is 4.68 Å². The fourth-order valence-electron chi connectivity index (χ4n) is 1.64. The van der Waals surface area contributed by atoms with Crippen LogP contribution in [0.2, 0.25) is 0 Å². The summed E-state index contributed by atoms with van der Waals surface area (Å²) < 4.78 is 1.08. The lowest BCUT2D eigenvalue weighted by Crippen LogP contribution is -2.33. The first-order chi connectivity index (χ1) is 9.08. The number of rotatable bonds is 3. The van der Waals surface area contributed by atoms with Gasteiger partial charge in [0.2, 0.25) is 0 Å². The van der Waals surface area contributed by atoms with E-state index < -0.39 is 0 Å². The predicted octanol–water partition coefficient (Wildman–Crippen LogP) is 0.844. The van der Waals surface area contributed by atoms with Crippen molar-refractivity contribution in [3.8, 4) is 0 Å². The SMILES string of the molecule is Cc1cc(N)n(C(=O)CNC(=O)c2ccccc2)n1. The molecule has 0 aliphatic rings. The molecule has 0 atom stereocenters. The summed E-state index contributed by atoms with van der Waals surface area (Å²) in [6.07, 6.45) is 0. The summed E-state index contributed by atoms with van der Waals surface area (Å²) in [6.45, 7) is 1.59. The van der Waals surface area contributed by atoms with Gasteiger partial charge < -0.3 is 11.1 Å². The van der Waals surface area contributed by atoms with Gasteiger partial charge in [0.25, 0.3) is 11.8 Å². The lowest BCUT2D eigenvalue weighted by Gasteiger charge is -2.05. The lowest BCUT2D eigenvalue weighted by atomic mass is 10.2. The molecule has 1 amide bonds. The Morgan fingerprint density at radius 3 is 2.58 bits per heavy atom. The van der Waals surface area contributed by atoms with E-state index in [1.807, 2.05) is 6.07 Å². The molecule has 0 unspecified atom stereocenters. The minimum Gasteiger partial charge on any atom is -0.383 e. The van der Waals surface area contributed by atoms with Gasteiger partial charge in [0.1, 0.15) is 5.82 Å². The number of nitrogens with zero attached hydrogens (tertiary/aromatic N) is 2. The number of hydrogen-bond donors (Lipinski definition) is 2. The molecule has 2 rings (SSSR count). The molecule has 0 spiro atoms. The molecular formula is C13H14N4O2. The van der Waals surface area contributed by atoms with E-state index in [2.05, 4.69) is 10.4 Å². The number of amides is 1. The van der Waals surface area contributed by atoms with Crippen LogP contribution in [-0.2, 0) is 0 Å². The van der Waals surface area contributed by atoms with Crippen LogP contribution in [0.4, 0.5) is 5.82 Å². The number of carbonyl (C=O) groups is 2. The van der Waals surface area contributed by atoms with Gasteiger partial charge in [-0.1, -0.05) is 18.2 Å². The van der Waals surface area contributed by atoms with Crippen molar-refractivity contribution in [1.82, 2.24) is 15.1 Å². The zero-order valence-corrected chi connectivity index (χ0v) is 10.5. The van der Waals surface area contributed by atoms with Crippen LogP contribution in [0, 0.1) is 6.92 Å². The molecule has 0 bridgehead atoms. The average molecular weight is 258 g/mol. The van der Waals surface area contributed by atoms with Gasteiger partial charge in [0.05, 0.1) is 12.2 Å². The molecule has 0 aliphatic carbocycles. The Bertz CT molecular complexity index is 604. The Morgan fingerprint density at radius 1 is 1.32 bits per heavy atom. The molecule has 19 heavy (non-hydrogen) atoms. The van der Waals surface area contributed by atoms with Crippen molar-refractivity contribution in [2.24, 2.45) is 0 Å². The maximum Gasteiger partial charge on any atom is 0.268 e. The zero-order chi connectivity index (χ0) is 13.8. The maximum atomic E-state index is 11.8. The van der Waals surface area contributed by atoms with Gasteiger partial charge in [-0.25, -0.2) is 0 Å². The van der Waals surface area contributed by atoms with Crippen LogP contribution in [0.5, 0.6) is 0 Å². The molecular weight excluding hydrogens is 244 g/mol. The number of nitrogens with two attached hydrogens (primary N) is 1. The topological polar surface area (TPSA) is 90.0 Å². The highest BCUT2D eigenvalue weighted by Crippen LogP contribution is 2.04. The Labute approximate surface area is 110 Å². The predicted molar refractivity (Wildman–Crippen MR) is 70.8 cm³/mol. The third-order valence-electron chi connectivity index (χ3n) is 2.53. The molecule has 98 valence electrons. The first kappa shape index (κ1) is 12.8. The van der Waals surface area contributed by atoms with Crippen molar-refractivity contribution in [2.75, 3.05) is 12.3 Å². The summed E-state index contributed by atoms with van der Waals surface area (Å²) in [5.41, 5.74) is 6.78. The minimum absolute atomic E-state index is 0.154. The number of aryl methyl sites for hydroxylation is 1. The van der Waals surface area contributed by atoms with Crippen LogP contribution in [0.1, 0.15) is 20.8 Å². The van der Waals surface area contributed by atoms with Crippen molar-refractivity contribution in [3.63, 3.8) is 0 Å². The molecule has 0 radical (unpaired) electrons. The van der Waals surface area contributed by atoms with E-state index in [9.17, 15) is 9.59 Å². The summed E-state index contributed by atoms with van der Waals surface area (Å²) >= 11 is 0. The van der Waals surface area contributed by atoms with Crippen molar-refractivity contribution < 1.29 is 9.59 Å². The molecule has 6 nitrogen and oxygen atoms in total. The largest absolute Gasteiger partial charge is 0.383 e. The van der Waals surface area contributed by atoms with E-state index in [0.29, 0.717) is 11.3 Å². The Balaban J connectivity index is 1.98. The number of carbonyl (C=O) groups excluding carboxylic acids is 2. The third-order valence-corrected chi connectivity index (χ3v) is 2.53. The summed E-state index contributed by atoms with van der Waals surface area (Å²) in [5.74, 6) is -0.428. The van der Waals surface area contributed by atoms with Gasteiger partial charge in [0.15, 0.2) is 0 Å². The van der Waals surface area contributed by atoms with Crippen molar-refractivity contribution in [1.29, 1.82) is 0 Å². The third kappa shape index (κ3) is 2.98. The van der Waals surface area contributed by atoms with Gasteiger partial charge in [-0.2, -0.15) is 9.78 Å². The smallest absolute Gasteiger partial charge is 0.268 e. The molecule has 0 saturated heterocycles. The average Bonchev–Trinajstić information content (AvgIpc) is 2.75. The molecule has 2 aromatic rings. The first-order valence-corrected chi connectivity index (χ1v) is 5.76. The second-order valence-electron chi connectivity index (χ2n) is 4.06. The molecule has 1 aromatic heterocycles. The van der Waals surface area contributed by atoms with Crippen LogP contribution < -0.4 is 11.1 Å². The highest BCUT2D eigenvalue weighted by Gasteiger charge is 2.12. The summed E-state index contributed by atoms with van der Waals surface area (Å²) in [4.78, 5) is 23.6. The fourth-order valence-corrected chi connectivity index (χ4v) is 1.64. The summed E-state index contributed by atoms with van der Waals surface area (Å²) in [7, 11) is 0. The monoisotopic (exact) mass is 258 g/mol. The van der Waals surface area contributed by atoms with Gasteiger partial charge in [-0.3, -0.25) is 9.59 Å². The van der Waals surface area contributed by atoms with Gasteiger partial charge in [-0.15, -0.1) is 0 Å². The first-order valence-electron chi connectivity index (χ1n) is 5.76. The number of nitrogens with one attached hydrogen (secondary N) is 1. The number of anilines is 1. The second kappa shape index (κ2) is 5.34. The number of hydrogen-bond acceptors (Lipinski definition) is 4. The molecule has 0 aliphatic heterocycles. The van der Waals surface area contributed by atoms with Crippen LogP contribution in [-0.4, -0.2) is 28.1 Å². The molecule has 6 heteroatoms. The van der Waals surface area contributed by atoms with E-state index in [4.69, 9.17) is 5.73 Å². The highest BCUT2D eigenvalue weighted by molar-refractivity contribution is 5.96. The summed E-state index contributed by atoms with van der Waals surface area (Å²) in [6, 6.07) is 10.3. The standard InChI is InChI=1S/C13H14N4O2/c1-9-7-11(14)17(16-9)12(18)8-15-13(19)10-5-3-2-4-6-10/h2-7H,8,14H2,1H3,(H,15,19). The van der Waals surface area contributed by atoms with E-state index in [1.54, 1.807) is 37.3 Å². The Morgan fingerprint density at radius 2 is 2.00 bits per heavy atom. The fraction of sp³-hybridized carbons (Fsp3) is 0.154. The van der Waals surface area contributed by atoms with Crippen LogP contribution >= 0.6 is 0 Å². The van der Waals surface area contributed by atoms with E-state index >= 15 is 0 Å². The molecule has 1 aromatic carbocycles. The molecule has 0 saturated carbocycles. The van der Waals surface area contributed by atoms with Crippen LogP contribution in [0.15, 0.2) is 36.4 Å². The number of benzene rings is 1. The molecule has 3 N–H and O–H groups in total. The van der Waals surface area contributed by atoms with Crippen molar-refractivity contribution in [2.45, 2.75) is 6.92 Å². The molecule has 0 fully saturated rings. The lowest BCUT2D eigenvalue weighted by molar-refractivity contribution is 0.0852. The van der Waals surface area contributed by atoms with Crippen LogP contribution in [0.25, 0.3) is 0 Å². The minimum atomic E-state index is -0.380. The Kier molecular flexibility index (Phi) is 3.61. The van der Waals surface area contributed by atoms with Crippen LogP contribution in [0.3, 0.4) is 0 Å². The summed E-state index contributed by atoms with van der Waals surface area (Å²) in [5, 5.41) is 6.48. The number of aromatic nitrogens is 2. The van der Waals surface area contributed by atoms with Crippen molar-refractivity contribution >= 4 is 17.6 Å². The van der Waals surface area contributed by atoms with Crippen molar-refractivity contribution in [3.05, 3.63) is 47.7 Å². The van der Waals surface area contributed by atoms with E-state index in [-0.39, 0.29) is 24.2 Å². The van der Waals surface area contributed by atoms with E-state index in [1.165, 1.54) is 0 Å². The van der Waals surface area contributed by atoms with Gasteiger partial charge in [-0.05, 0) is 19.1 Å². The second-order valence-corrected chi connectivity index (χ2v) is 4.06. The highest BCUT2D eigenvalue weighted by atomic mass is 16.2. The zero-order valence-electron chi connectivity index (χ0n) is 10.5. The number of nitrogen functional groups attached to an aromatic ring is 1. The van der Waals surface area contributed by atoms with Gasteiger partial charge >= 0.3 is 0 Å².